The Morgan fingerprint density at radius 2 is 1.51 bits per heavy atom. The molecule has 248 valence electrons. The van der Waals surface area contributed by atoms with Gasteiger partial charge in [-0.25, -0.2) is 8.42 Å². The minimum Gasteiger partial charge on any atom is -0.495 e. The molecule has 4 rings (SSSR count). The van der Waals surface area contributed by atoms with Gasteiger partial charge in [0.1, 0.15) is 18.3 Å². The van der Waals surface area contributed by atoms with Crippen molar-refractivity contribution in [3.05, 3.63) is 123 Å². The number of ether oxygens (including phenoxy) is 1. The molecule has 0 bridgehead atoms. The van der Waals surface area contributed by atoms with Gasteiger partial charge in [0.25, 0.3) is 10.0 Å². The Kier molecular flexibility index (Phi) is 13.0. The molecule has 12 heteroatoms. The topological polar surface area (TPSA) is 96.0 Å². The first-order valence-electron chi connectivity index (χ1n) is 15.0. The standard InChI is InChI=1S/C35H36Cl3N3O5S/c1-3-4-19-39-35(43)32(21-25-11-7-5-8-12-25)40(23-26-15-17-29(36)30(37)20-26)34(42)24-41(27-16-18-33(46-2)31(38)22-27)47(44,45)28-13-9-6-10-14-28/h5-18,20,22,32H,3-4,19,21,23-24H2,1-2H3,(H,39,43). The number of nitrogens with zero attached hydrogens (tertiary/aromatic N) is 2. The van der Waals surface area contributed by atoms with Gasteiger partial charge in [0.2, 0.25) is 11.8 Å². The van der Waals surface area contributed by atoms with Crippen molar-refractivity contribution in [2.24, 2.45) is 0 Å². The quantitative estimate of drug-likeness (QED) is 0.129. The fourth-order valence-corrected chi connectivity index (χ4v) is 6.95. The first-order chi connectivity index (χ1) is 22.5. The van der Waals surface area contributed by atoms with Crippen LogP contribution >= 0.6 is 34.8 Å². The largest absolute Gasteiger partial charge is 0.495 e. The van der Waals surface area contributed by atoms with Crippen LogP contribution in [0.4, 0.5) is 5.69 Å². The molecule has 47 heavy (non-hydrogen) atoms. The lowest BCUT2D eigenvalue weighted by molar-refractivity contribution is -0.140. The number of carbonyl (C=O) groups is 2. The third kappa shape index (κ3) is 9.41. The average molecular weight is 717 g/mol. The summed E-state index contributed by atoms with van der Waals surface area (Å²) >= 11 is 18.9. The molecule has 4 aromatic rings. The van der Waals surface area contributed by atoms with Crippen molar-refractivity contribution < 1.29 is 22.7 Å². The van der Waals surface area contributed by atoms with E-state index in [9.17, 15) is 18.0 Å². The van der Waals surface area contributed by atoms with Crippen LogP contribution in [-0.2, 0) is 32.6 Å². The van der Waals surface area contributed by atoms with Crippen molar-refractivity contribution in [2.75, 3.05) is 24.5 Å². The summed E-state index contributed by atoms with van der Waals surface area (Å²) in [5.41, 5.74) is 1.58. The highest BCUT2D eigenvalue weighted by molar-refractivity contribution is 7.92. The second-order valence-corrected chi connectivity index (χ2v) is 13.8. The maximum absolute atomic E-state index is 14.6. The van der Waals surface area contributed by atoms with Crippen molar-refractivity contribution in [1.29, 1.82) is 0 Å². The molecule has 0 aliphatic heterocycles. The van der Waals surface area contributed by atoms with Gasteiger partial charge in [-0.15, -0.1) is 0 Å². The van der Waals surface area contributed by atoms with E-state index in [0.29, 0.717) is 22.9 Å². The molecule has 0 spiro atoms. The SMILES string of the molecule is CCCCNC(=O)C(Cc1ccccc1)N(Cc1ccc(Cl)c(Cl)c1)C(=O)CN(c1ccc(OC)c(Cl)c1)S(=O)(=O)c1ccccc1. The van der Waals surface area contributed by atoms with Crippen LogP contribution in [0.25, 0.3) is 0 Å². The monoisotopic (exact) mass is 715 g/mol. The molecule has 1 atom stereocenters. The van der Waals surface area contributed by atoms with E-state index in [4.69, 9.17) is 39.5 Å². The van der Waals surface area contributed by atoms with E-state index in [1.807, 2.05) is 37.3 Å². The number of carbonyl (C=O) groups excluding carboxylic acids is 2. The summed E-state index contributed by atoms with van der Waals surface area (Å²) in [5, 5.41) is 3.74. The predicted octanol–water partition coefficient (Wildman–Crippen LogP) is 7.41. The number of amides is 2. The molecule has 0 saturated carbocycles. The maximum Gasteiger partial charge on any atom is 0.264 e. The zero-order valence-corrected chi connectivity index (χ0v) is 29.1. The molecule has 0 saturated heterocycles. The van der Waals surface area contributed by atoms with Crippen molar-refractivity contribution >= 4 is 62.3 Å². The summed E-state index contributed by atoms with van der Waals surface area (Å²) in [6, 6.07) is 25.6. The number of nitrogens with one attached hydrogen (secondary N) is 1. The molecule has 1 N–H and O–H groups in total. The number of methoxy groups -OCH3 is 1. The third-order valence-corrected chi connectivity index (χ3v) is 10.3. The predicted molar refractivity (Wildman–Crippen MR) is 188 cm³/mol. The van der Waals surface area contributed by atoms with Gasteiger partial charge in [0, 0.05) is 19.5 Å². The van der Waals surface area contributed by atoms with Crippen LogP contribution in [-0.4, -0.2) is 51.4 Å². The highest BCUT2D eigenvalue weighted by Gasteiger charge is 2.35. The van der Waals surface area contributed by atoms with E-state index in [0.717, 1.165) is 22.7 Å². The van der Waals surface area contributed by atoms with Crippen LogP contribution in [0, 0.1) is 0 Å². The normalized spacial score (nSPS) is 11.9. The summed E-state index contributed by atoms with van der Waals surface area (Å²) in [5.74, 6) is -0.638. The molecule has 0 aliphatic rings. The summed E-state index contributed by atoms with van der Waals surface area (Å²) in [6.45, 7) is 1.76. The van der Waals surface area contributed by atoms with Gasteiger partial charge in [-0.3, -0.25) is 13.9 Å². The van der Waals surface area contributed by atoms with Crippen molar-refractivity contribution in [1.82, 2.24) is 10.2 Å². The Balaban J connectivity index is 1.82. The van der Waals surface area contributed by atoms with Crippen LogP contribution < -0.4 is 14.4 Å². The maximum atomic E-state index is 14.6. The Hall–Kier alpha value is -3.76. The fourth-order valence-electron chi connectivity index (χ4n) is 4.95. The van der Waals surface area contributed by atoms with Crippen LogP contribution in [0.2, 0.25) is 15.1 Å². The minimum absolute atomic E-state index is 0.0195. The lowest BCUT2D eigenvalue weighted by atomic mass is 10.0. The molecule has 2 amide bonds. The van der Waals surface area contributed by atoms with Gasteiger partial charge in [-0.2, -0.15) is 0 Å². The second-order valence-electron chi connectivity index (χ2n) is 10.8. The summed E-state index contributed by atoms with van der Waals surface area (Å²) in [6.07, 6.45) is 1.81. The minimum atomic E-state index is -4.28. The number of halogens is 3. The number of benzene rings is 4. The van der Waals surface area contributed by atoms with Crippen LogP contribution in [0.3, 0.4) is 0 Å². The summed E-state index contributed by atoms with van der Waals surface area (Å²) in [7, 11) is -2.83. The molecule has 0 heterocycles. The number of sulfonamides is 1. The van der Waals surface area contributed by atoms with Crippen LogP contribution in [0.5, 0.6) is 5.75 Å². The molecule has 1 unspecified atom stereocenters. The Morgan fingerprint density at radius 3 is 2.13 bits per heavy atom. The fraction of sp³-hybridized carbons (Fsp3) is 0.257. The summed E-state index contributed by atoms with van der Waals surface area (Å²) in [4.78, 5) is 29.8. The number of rotatable bonds is 15. The third-order valence-electron chi connectivity index (χ3n) is 7.47. The molecule has 0 fully saturated rings. The zero-order valence-electron chi connectivity index (χ0n) is 26.0. The second kappa shape index (κ2) is 16.9. The smallest absolute Gasteiger partial charge is 0.264 e. The van der Waals surface area contributed by atoms with E-state index < -0.39 is 28.5 Å². The molecule has 0 aromatic heterocycles. The van der Waals surface area contributed by atoms with E-state index in [-0.39, 0.29) is 39.5 Å². The molecule has 0 aliphatic carbocycles. The van der Waals surface area contributed by atoms with Crippen LogP contribution in [0.1, 0.15) is 30.9 Å². The summed E-state index contributed by atoms with van der Waals surface area (Å²) < 4.78 is 34.5. The average Bonchev–Trinajstić information content (AvgIpc) is 3.07. The van der Waals surface area contributed by atoms with Crippen molar-refractivity contribution in [2.45, 2.75) is 43.7 Å². The van der Waals surface area contributed by atoms with E-state index in [1.165, 1.54) is 42.3 Å². The number of hydrogen-bond acceptors (Lipinski definition) is 5. The molecular weight excluding hydrogens is 681 g/mol. The molecule has 0 radical (unpaired) electrons. The number of unbranched alkanes of at least 4 members (excludes halogenated alkanes) is 1. The van der Waals surface area contributed by atoms with E-state index >= 15 is 0 Å². The lowest BCUT2D eigenvalue weighted by Crippen LogP contribution is -2.53. The van der Waals surface area contributed by atoms with Gasteiger partial charge in [-0.05, 0) is 60.0 Å². The van der Waals surface area contributed by atoms with Crippen molar-refractivity contribution in [3.63, 3.8) is 0 Å². The first-order valence-corrected chi connectivity index (χ1v) is 17.6. The molecule has 4 aromatic carbocycles. The lowest BCUT2D eigenvalue weighted by Gasteiger charge is -2.34. The Labute approximate surface area is 291 Å². The Bertz CT molecular complexity index is 1780. The van der Waals surface area contributed by atoms with E-state index in [2.05, 4.69) is 5.32 Å². The highest BCUT2D eigenvalue weighted by Crippen LogP contribution is 2.32. The van der Waals surface area contributed by atoms with Gasteiger partial charge in [-0.1, -0.05) is 103 Å². The van der Waals surface area contributed by atoms with E-state index in [1.54, 1.807) is 36.4 Å². The number of anilines is 1. The number of hydrogen-bond donors (Lipinski definition) is 1. The van der Waals surface area contributed by atoms with Gasteiger partial charge >= 0.3 is 0 Å². The van der Waals surface area contributed by atoms with Crippen molar-refractivity contribution in [3.8, 4) is 5.75 Å². The zero-order chi connectivity index (χ0) is 34.0. The van der Waals surface area contributed by atoms with Gasteiger partial charge in [0.05, 0.1) is 32.8 Å². The highest BCUT2D eigenvalue weighted by atomic mass is 35.5. The van der Waals surface area contributed by atoms with Gasteiger partial charge in [0.15, 0.2) is 0 Å². The van der Waals surface area contributed by atoms with Gasteiger partial charge < -0.3 is 15.0 Å². The molecular formula is C35H36Cl3N3O5S. The Morgan fingerprint density at radius 1 is 0.830 bits per heavy atom. The first kappa shape index (κ1) is 36.1. The molecule has 8 nitrogen and oxygen atoms in total. The van der Waals surface area contributed by atoms with Crippen LogP contribution in [0.15, 0.2) is 102 Å².